The van der Waals surface area contributed by atoms with Crippen molar-refractivity contribution in [3.8, 4) is 0 Å². The van der Waals surface area contributed by atoms with Gasteiger partial charge in [0, 0.05) is 28.7 Å². The van der Waals surface area contributed by atoms with E-state index in [1.165, 1.54) is 16.4 Å². The van der Waals surface area contributed by atoms with Gasteiger partial charge in [-0.2, -0.15) is 0 Å². The molecule has 0 saturated heterocycles. The first kappa shape index (κ1) is 29.0. The van der Waals surface area contributed by atoms with Crippen molar-refractivity contribution < 1.29 is 13.2 Å². The van der Waals surface area contributed by atoms with Crippen molar-refractivity contribution >= 4 is 50.5 Å². The highest BCUT2D eigenvalue weighted by Crippen LogP contribution is 2.37. The van der Waals surface area contributed by atoms with Crippen LogP contribution in [0.2, 0.25) is 10.0 Å². The van der Waals surface area contributed by atoms with Crippen molar-refractivity contribution in [1.29, 1.82) is 0 Å². The zero-order chi connectivity index (χ0) is 30.0. The molecule has 5 aromatic rings. The van der Waals surface area contributed by atoms with Crippen LogP contribution in [0.4, 0.5) is 11.4 Å². The summed E-state index contributed by atoms with van der Waals surface area (Å²) in [6.07, 6.45) is 0.805. The van der Waals surface area contributed by atoms with E-state index in [0.29, 0.717) is 17.3 Å². The number of carbonyl (C=O) groups excluding carboxylic acids is 1. The number of fused-ring (bicyclic) bond motifs is 1. The van der Waals surface area contributed by atoms with E-state index in [9.17, 15) is 13.2 Å². The summed E-state index contributed by atoms with van der Waals surface area (Å²) in [6, 6.07) is 38.3. The van der Waals surface area contributed by atoms with E-state index in [1.54, 1.807) is 35.2 Å². The van der Waals surface area contributed by atoms with Crippen LogP contribution in [-0.2, 0) is 23.0 Å². The predicted octanol–water partition coefficient (Wildman–Crippen LogP) is 8.38. The first-order valence-corrected chi connectivity index (χ1v) is 16.1. The van der Waals surface area contributed by atoms with E-state index in [1.807, 2.05) is 72.8 Å². The van der Waals surface area contributed by atoms with E-state index in [4.69, 9.17) is 23.2 Å². The van der Waals surface area contributed by atoms with Crippen LogP contribution in [0.1, 0.15) is 33.0 Å². The van der Waals surface area contributed by atoms with Crippen molar-refractivity contribution in [2.45, 2.75) is 23.8 Å². The first-order chi connectivity index (χ1) is 20.8. The van der Waals surface area contributed by atoms with Gasteiger partial charge in [-0.15, -0.1) is 0 Å². The fraction of sp³-hybridized carbons (Fsp3) is 0.114. The Morgan fingerprint density at radius 2 is 1.44 bits per heavy atom. The van der Waals surface area contributed by atoms with Gasteiger partial charge in [0.15, 0.2) is 0 Å². The van der Waals surface area contributed by atoms with Gasteiger partial charge in [0.25, 0.3) is 15.9 Å². The largest absolute Gasteiger partial charge is 0.307 e. The highest BCUT2D eigenvalue weighted by atomic mass is 35.5. The smallest absolute Gasteiger partial charge is 0.266 e. The Kier molecular flexibility index (Phi) is 8.26. The second-order valence-corrected chi connectivity index (χ2v) is 13.1. The van der Waals surface area contributed by atoms with Gasteiger partial charge in [0.2, 0.25) is 0 Å². The summed E-state index contributed by atoms with van der Waals surface area (Å²) in [7, 11) is -4.21. The molecule has 1 aliphatic heterocycles. The number of hydrogen-bond donors (Lipinski definition) is 0. The van der Waals surface area contributed by atoms with Crippen LogP contribution in [0.15, 0.2) is 132 Å². The summed E-state index contributed by atoms with van der Waals surface area (Å²) in [6.45, 7) is 0.535. The molecule has 1 aliphatic rings. The fourth-order valence-electron chi connectivity index (χ4n) is 5.52. The number of anilines is 2. The SMILES string of the molecule is O=C(c1ccc(Cl)c(S(=O)(=O)N(Cc2ccccc2)c2ccc(Cl)cc2)c1)N1CC(c2ccccc2)Cc2ccccc21. The average Bonchev–Trinajstić information content (AvgIpc) is 3.04. The minimum absolute atomic E-state index is 0.0322. The zero-order valence-electron chi connectivity index (χ0n) is 23.1. The number of benzene rings is 5. The molecule has 0 saturated carbocycles. The minimum Gasteiger partial charge on any atom is -0.307 e. The Labute approximate surface area is 262 Å². The highest BCUT2D eigenvalue weighted by Gasteiger charge is 2.32. The fourth-order valence-corrected chi connectivity index (χ4v) is 7.60. The summed E-state index contributed by atoms with van der Waals surface area (Å²) < 4.78 is 29.9. The van der Waals surface area contributed by atoms with Gasteiger partial charge < -0.3 is 4.90 Å². The van der Waals surface area contributed by atoms with Crippen LogP contribution in [0.3, 0.4) is 0 Å². The second kappa shape index (κ2) is 12.3. The minimum atomic E-state index is -4.21. The molecule has 0 N–H and O–H groups in total. The number of halogens is 2. The van der Waals surface area contributed by atoms with Crippen molar-refractivity contribution in [2.75, 3.05) is 15.7 Å². The summed E-state index contributed by atoms with van der Waals surface area (Å²) in [5.41, 5.74) is 4.49. The number of sulfonamides is 1. The number of amides is 1. The van der Waals surface area contributed by atoms with Crippen molar-refractivity contribution in [1.82, 2.24) is 0 Å². The molecule has 5 aromatic carbocycles. The molecule has 5 nitrogen and oxygen atoms in total. The number of nitrogens with zero attached hydrogens (tertiary/aromatic N) is 2. The monoisotopic (exact) mass is 626 g/mol. The molecule has 0 fully saturated rings. The van der Waals surface area contributed by atoms with Gasteiger partial charge in [-0.1, -0.05) is 102 Å². The van der Waals surface area contributed by atoms with E-state index in [2.05, 4.69) is 12.1 Å². The lowest BCUT2D eigenvalue weighted by molar-refractivity contribution is 0.0983. The molecule has 0 aromatic heterocycles. The standard InChI is InChI=1S/C35H28Cl2N2O3S/c36-30-16-18-31(19-17-30)39(23-25-9-3-1-4-10-25)43(41,42)34-22-28(15-20-32(34)37)35(40)38-24-29(26-11-5-2-6-12-26)21-27-13-7-8-14-33(27)38/h1-20,22,29H,21,23-24H2. The van der Waals surface area contributed by atoms with E-state index >= 15 is 0 Å². The third kappa shape index (κ3) is 6.04. The Morgan fingerprint density at radius 1 is 0.791 bits per heavy atom. The van der Waals surface area contributed by atoms with Gasteiger partial charge in [-0.25, -0.2) is 8.42 Å². The maximum absolute atomic E-state index is 14.3. The predicted molar refractivity (Wildman–Crippen MR) is 174 cm³/mol. The maximum Gasteiger partial charge on any atom is 0.266 e. The normalized spacial score (nSPS) is 14.7. The van der Waals surface area contributed by atoms with Crippen LogP contribution >= 0.6 is 23.2 Å². The van der Waals surface area contributed by atoms with Crippen LogP contribution in [-0.4, -0.2) is 20.9 Å². The molecule has 0 radical (unpaired) electrons. The van der Waals surface area contributed by atoms with E-state index < -0.39 is 10.0 Å². The summed E-state index contributed by atoms with van der Waals surface area (Å²) in [5, 5.41) is 0.520. The number of hydrogen-bond acceptors (Lipinski definition) is 3. The van der Waals surface area contributed by atoms with E-state index in [-0.39, 0.29) is 33.9 Å². The molecular weight excluding hydrogens is 599 g/mol. The molecule has 216 valence electrons. The van der Waals surface area contributed by atoms with Crippen molar-refractivity contribution in [3.05, 3.63) is 160 Å². The highest BCUT2D eigenvalue weighted by molar-refractivity contribution is 7.93. The maximum atomic E-state index is 14.3. The third-order valence-electron chi connectivity index (χ3n) is 7.70. The first-order valence-electron chi connectivity index (χ1n) is 13.9. The zero-order valence-corrected chi connectivity index (χ0v) is 25.4. The Morgan fingerprint density at radius 3 is 2.16 bits per heavy atom. The third-order valence-corrected chi connectivity index (χ3v) is 10.2. The summed E-state index contributed by atoms with van der Waals surface area (Å²) in [5.74, 6) is -0.191. The lowest BCUT2D eigenvalue weighted by Crippen LogP contribution is -2.39. The van der Waals surface area contributed by atoms with Gasteiger partial charge in [0.1, 0.15) is 4.90 Å². The Hall–Kier alpha value is -4.10. The van der Waals surface area contributed by atoms with Gasteiger partial charge in [0.05, 0.1) is 17.3 Å². The van der Waals surface area contributed by atoms with Crippen LogP contribution in [0, 0.1) is 0 Å². The second-order valence-electron chi connectivity index (χ2n) is 10.5. The molecule has 1 amide bonds. The van der Waals surface area contributed by atoms with Gasteiger partial charge in [-0.3, -0.25) is 9.10 Å². The molecule has 0 aliphatic carbocycles. The topological polar surface area (TPSA) is 57.7 Å². The van der Waals surface area contributed by atoms with Gasteiger partial charge in [-0.05, 0) is 71.6 Å². The molecule has 6 rings (SSSR count). The summed E-state index contributed by atoms with van der Waals surface area (Å²) >= 11 is 12.7. The average molecular weight is 628 g/mol. The molecular formula is C35H28Cl2N2O3S. The molecule has 1 atom stereocenters. The molecule has 1 heterocycles. The van der Waals surface area contributed by atoms with Gasteiger partial charge >= 0.3 is 0 Å². The van der Waals surface area contributed by atoms with Crippen LogP contribution in [0.5, 0.6) is 0 Å². The molecule has 0 bridgehead atoms. The van der Waals surface area contributed by atoms with Crippen LogP contribution < -0.4 is 9.21 Å². The summed E-state index contributed by atoms with van der Waals surface area (Å²) in [4.78, 5) is 15.8. The van der Waals surface area contributed by atoms with E-state index in [0.717, 1.165) is 28.8 Å². The molecule has 8 heteroatoms. The molecule has 0 spiro atoms. The number of carbonyl (C=O) groups is 1. The number of para-hydroxylation sites is 1. The Balaban J connectivity index is 1.39. The Bertz CT molecular complexity index is 1870. The lowest BCUT2D eigenvalue weighted by Gasteiger charge is -2.35. The quantitative estimate of drug-likeness (QED) is 0.182. The molecule has 43 heavy (non-hydrogen) atoms. The van der Waals surface area contributed by atoms with Crippen molar-refractivity contribution in [3.63, 3.8) is 0 Å². The molecule has 1 unspecified atom stereocenters. The lowest BCUT2D eigenvalue weighted by atomic mass is 9.87. The van der Waals surface area contributed by atoms with Crippen molar-refractivity contribution in [2.24, 2.45) is 0 Å². The number of rotatable bonds is 7. The van der Waals surface area contributed by atoms with Crippen LogP contribution in [0.25, 0.3) is 0 Å².